The predicted molar refractivity (Wildman–Crippen MR) is 41.5 cm³/mol. The molecule has 0 amide bonds. The number of fused-ring (bicyclic) bond motifs is 1. The van der Waals surface area contributed by atoms with Gasteiger partial charge in [-0.25, -0.2) is 0 Å². The zero-order valence-corrected chi connectivity index (χ0v) is 6.20. The number of rotatable bonds is 0. The minimum Gasteiger partial charge on any atom is -0.329 e. The van der Waals surface area contributed by atoms with Crippen molar-refractivity contribution in [2.45, 2.75) is 11.3 Å². The van der Waals surface area contributed by atoms with E-state index < -0.39 is 0 Å². The summed E-state index contributed by atoms with van der Waals surface area (Å²) in [6, 6.07) is 1.97. The average molecular weight is 153 g/mol. The first kappa shape index (κ1) is 6.04. The summed E-state index contributed by atoms with van der Waals surface area (Å²) in [5, 5.41) is 0. The molecule has 0 saturated heterocycles. The molecule has 1 aromatic rings. The summed E-state index contributed by atoms with van der Waals surface area (Å²) in [6.45, 7) is 0. The average Bonchev–Trinajstić information content (AvgIpc) is 2.36. The lowest BCUT2D eigenvalue weighted by Gasteiger charge is -1.91. The number of aromatic nitrogens is 1. The number of aromatic amines is 1. The number of thioether (sulfide) groups is 1. The normalized spacial score (nSPS) is 15.2. The van der Waals surface area contributed by atoms with Crippen LogP contribution in [0, 0.1) is 0 Å². The SMILES string of the molecule is O=c1[nH]ccc2c1CCS2. The van der Waals surface area contributed by atoms with E-state index in [1.54, 1.807) is 18.0 Å². The van der Waals surface area contributed by atoms with E-state index in [1.165, 1.54) is 0 Å². The molecule has 1 aromatic heterocycles. The molecule has 3 heteroatoms. The molecule has 0 saturated carbocycles. The predicted octanol–water partition coefficient (Wildman–Crippen LogP) is 1.02. The van der Waals surface area contributed by atoms with Crippen LogP contribution in [0.3, 0.4) is 0 Å². The van der Waals surface area contributed by atoms with Crippen LogP contribution in [-0.4, -0.2) is 10.7 Å². The van der Waals surface area contributed by atoms with Gasteiger partial charge in [0.2, 0.25) is 0 Å². The highest BCUT2D eigenvalue weighted by molar-refractivity contribution is 7.99. The van der Waals surface area contributed by atoms with Gasteiger partial charge < -0.3 is 4.98 Å². The molecule has 1 aliphatic rings. The quantitative estimate of drug-likeness (QED) is 0.603. The maximum absolute atomic E-state index is 11.0. The van der Waals surface area contributed by atoms with Gasteiger partial charge in [0.1, 0.15) is 0 Å². The third-order valence-corrected chi connectivity index (χ3v) is 2.73. The Morgan fingerprint density at radius 1 is 1.60 bits per heavy atom. The molecular weight excluding hydrogens is 146 g/mol. The summed E-state index contributed by atoms with van der Waals surface area (Å²) in [4.78, 5) is 14.9. The van der Waals surface area contributed by atoms with Crippen LogP contribution in [0.4, 0.5) is 0 Å². The van der Waals surface area contributed by atoms with E-state index in [0.717, 1.165) is 22.6 Å². The standard InChI is InChI=1S/C7H7NOS/c9-7-5-2-4-10-6(5)1-3-8-7/h1,3H,2,4H2,(H,8,9). The molecule has 0 unspecified atom stereocenters. The Kier molecular flexibility index (Phi) is 1.31. The lowest BCUT2D eigenvalue weighted by molar-refractivity contribution is 1.05. The van der Waals surface area contributed by atoms with Gasteiger partial charge in [-0.3, -0.25) is 4.79 Å². The maximum atomic E-state index is 11.0. The van der Waals surface area contributed by atoms with Crippen molar-refractivity contribution in [1.29, 1.82) is 0 Å². The fraction of sp³-hybridized carbons (Fsp3) is 0.286. The van der Waals surface area contributed by atoms with Crippen LogP contribution < -0.4 is 5.56 Å². The van der Waals surface area contributed by atoms with Crippen molar-refractivity contribution in [2.24, 2.45) is 0 Å². The minimum absolute atomic E-state index is 0.0856. The third-order valence-electron chi connectivity index (χ3n) is 1.63. The molecule has 0 atom stereocenters. The number of hydrogen-bond acceptors (Lipinski definition) is 2. The lowest BCUT2D eigenvalue weighted by Crippen LogP contribution is -2.09. The molecule has 0 bridgehead atoms. The topological polar surface area (TPSA) is 32.9 Å². The van der Waals surface area contributed by atoms with Gasteiger partial charge in [-0.1, -0.05) is 0 Å². The van der Waals surface area contributed by atoms with Gasteiger partial charge in [-0.2, -0.15) is 0 Å². The zero-order valence-electron chi connectivity index (χ0n) is 5.39. The molecule has 0 aliphatic carbocycles. The van der Waals surface area contributed by atoms with E-state index in [9.17, 15) is 4.79 Å². The van der Waals surface area contributed by atoms with Crippen molar-refractivity contribution in [1.82, 2.24) is 4.98 Å². The van der Waals surface area contributed by atoms with E-state index in [4.69, 9.17) is 0 Å². The van der Waals surface area contributed by atoms with E-state index in [0.29, 0.717) is 0 Å². The second-order valence-corrected chi connectivity index (χ2v) is 3.38. The van der Waals surface area contributed by atoms with Crippen molar-refractivity contribution < 1.29 is 0 Å². The Labute approximate surface area is 62.7 Å². The van der Waals surface area contributed by atoms with Gasteiger partial charge in [0.15, 0.2) is 0 Å². The lowest BCUT2D eigenvalue weighted by atomic mass is 10.2. The highest BCUT2D eigenvalue weighted by Crippen LogP contribution is 2.27. The molecule has 1 aliphatic heterocycles. The number of nitrogens with one attached hydrogen (secondary N) is 1. The first-order chi connectivity index (χ1) is 4.88. The van der Waals surface area contributed by atoms with Crippen molar-refractivity contribution >= 4 is 11.8 Å². The molecule has 52 valence electrons. The van der Waals surface area contributed by atoms with Crippen LogP contribution in [0.5, 0.6) is 0 Å². The van der Waals surface area contributed by atoms with E-state index in [2.05, 4.69) is 4.98 Å². The first-order valence-corrected chi connectivity index (χ1v) is 4.20. The summed E-state index contributed by atoms with van der Waals surface area (Å²) in [6.07, 6.45) is 2.63. The molecule has 1 N–H and O–H groups in total. The number of hydrogen-bond donors (Lipinski definition) is 1. The number of pyridine rings is 1. The monoisotopic (exact) mass is 153 g/mol. The highest BCUT2D eigenvalue weighted by atomic mass is 32.2. The Morgan fingerprint density at radius 2 is 2.50 bits per heavy atom. The molecule has 0 radical (unpaired) electrons. The second kappa shape index (κ2) is 2.16. The summed E-state index contributed by atoms with van der Waals surface area (Å²) >= 11 is 1.76. The smallest absolute Gasteiger partial charge is 0.252 e. The summed E-state index contributed by atoms with van der Waals surface area (Å²) in [5.74, 6) is 1.06. The fourth-order valence-electron chi connectivity index (χ4n) is 1.13. The van der Waals surface area contributed by atoms with E-state index in [1.807, 2.05) is 6.07 Å². The Balaban J connectivity index is 2.70. The zero-order chi connectivity index (χ0) is 6.97. The molecule has 2 heterocycles. The molecule has 2 rings (SSSR count). The van der Waals surface area contributed by atoms with Gasteiger partial charge in [-0.05, 0) is 12.5 Å². The Bertz CT molecular complexity index is 305. The van der Waals surface area contributed by atoms with Crippen LogP contribution in [-0.2, 0) is 6.42 Å². The van der Waals surface area contributed by atoms with Gasteiger partial charge in [0, 0.05) is 22.4 Å². The Morgan fingerprint density at radius 3 is 3.30 bits per heavy atom. The van der Waals surface area contributed by atoms with Crippen LogP contribution in [0.25, 0.3) is 0 Å². The molecule has 0 fully saturated rings. The van der Waals surface area contributed by atoms with Gasteiger partial charge >= 0.3 is 0 Å². The Hall–Kier alpha value is -0.700. The first-order valence-electron chi connectivity index (χ1n) is 3.21. The third kappa shape index (κ3) is 0.778. The van der Waals surface area contributed by atoms with Crippen molar-refractivity contribution in [2.75, 3.05) is 5.75 Å². The van der Waals surface area contributed by atoms with Gasteiger partial charge in [-0.15, -0.1) is 11.8 Å². The minimum atomic E-state index is 0.0856. The molecule has 10 heavy (non-hydrogen) atoms. The molecule has 2 nitrogen and oxygen atoms in total. The van der Waals surface area contributed by atoms with Gasteiger partial charge in [0.05, 0.1) is 0 Å². The van der Waals surface area contributed by atoms with Crippen molar-refractivity contribution in [3.05, 3.63) is 28.2 Å². The molecular formula is C7H7NOS. The maximum Gasteiger partial charge on any atom is 0.252 e. The van der Waals surface area contributed by atoms with E-state index in [-0.39, 0.29) is 5.56 Å². The van der Waals surface area contributed by atoms with Gasteiger partial charge in [0.25, 0.3) is 5.56 Å². The summed E-state index contributed by atoms with van der Waals surface area (Å²) in [5.41, 5.74) is 1.05. The summed E-state index contributed by atoms with van der Waals surface area (Å²) in [7, 11) is 0. The fourth-order valence-corrected chi connectivity index (χ4v) is 2.19. The van der Waals surface area contributed by atoms with Crippen LogP contribution >= 0.6 is 11.8 Å². The van der Waals surface area contributed by atoms with Crippen LogP contribution in [0.1, 0.15) is 5.56 Å². The van der Waals surface area contributed by atoms with Crippen molar-refractivity contribution in [3.63, 3.8) is 0 Å². The number of H-pyrrole nitrogens is 1. The largest absolute Gasteiger partial charge is 0.329 e. The molecule has 0 aromatic carbocycles. The second-order valence-electron chi connectivity index (χ2n) is 2.25. The van der Waals surface area contributed by atoms with Crippen LogP contribution in [0.2, 0.25) is 0 Å². The van der Waals surface area contributed by atoms with E-state index >= 15 is 0 Å². The highest BCUT2D eigenvalue weighted by Gasteiger charge is 2.12. The molecule has 0 spiro atoms. The van der Waals surface area contributed by atoms with Crippen molar-refractivity contribution in [3.8, 4) is 0 Å². The summed E-state index contributed by atoms with van der Waals surface area (Å²) < 4.78 is 0. The van der Waals surface area contributed by atoms with Crippen LogP contribution in [0.15, 0.2) is 22.0 Å².